The molecule has 1 fully saturated rings. The average molecular weight is 201 g/mol. The minimum Gasteiger partial charge on any atom is -0.376 e. The van der Waals surface area contributed by atoms with Crippen LogP contribution in [-0.2, 0) is 21.5 Å². The molecule has 76 valence electrons. The molecule has 0 aliphatic carbocycles. The lowest BCUT2D eigenvalue weighted by atomic mass is 9.78. The van der Waals surface area contributed by atoms with Gasteiger partial charge in [0.05, 0.1) is 19.6 Å². The first kappa shape index (κ1) is 8.98. The molecule has 0 radical (unpaired) electrons. The average Bonchev–Trinajstić information content (AvgIpc) is 2.13. The van der Waals surface area contributed by atoms with E-state index in [2.05, 4.69) is 31.4 Å². The van der Waals surface area contributed by atoms with Crippen molar-refractivity contribution in [3.63, 3.8) is 0 Å². The van der Waals surface area contributed by atoms with Gasteiger partial charge in [0.25, 0.3) is 0 Å². The van der Waals surface area contributed by atoms with Crippen molar-refractivity contribution in [1.82, 2.24) is 5.32 Å². The largest absolute Gasteiger partial charge is 0.376 e. The standard InChI is InChI=1S/C11H12BNO2/c12-8-1-2-9-7(3-8)4-10(14)13-11(9)5-15-6-11/h1-3H,4-6,12H2,(H,13,14). The van der Waals surface area contributed by atoms with E-state index in [1.54, 1.807) is 0 Å². The van der Waals surface area contributed by atoms with E-state index in [1.807, 2.05) is 0 Å². The molecule has 3 rings (SSSR count). The van der Waals surface area contributed by atoms with Gasteiger partial charge in [0.15, 0.2) is 0 Å². The Balaban J connectivity index is 2.14. The Hall–Kier alpha value is -1.29. The highest BCUT2D eigenvalue weighted by Gasteiger charge is 2.45. The second-order valence-electron chi connectivity index (χ2n) is 4.46. The minimum absolute atomic E-state index is 0.108. The van der Waals surface area contributed by atoms with Crippen LogP contribution in [0.2, 0.25) is 0 Å². The number of fused-ring (bicyclic) bond motifs is 2. The van der Waals surface area contributed by atoms with Gasteiger partial charge < -0.3 is 10.1 Å². The first-order valence-corrected chi connectivity index (χ1v) is 5.18. The lowest BCUT2D eigenvalue weighted by Gasteiger charge is -2.46. The Labute approximate surface area is 89.2 Å². The number of benzene rings is 1. The number of hydrogen-bond donors (Lipinski definition) is 1. The van der Waals surface area contributed by atoms with E-state index >= 15 is 0 Å². The fourth-order valence-electron chi connectivity index (χ4n) is 2.42. The molecule has 4 heteroatoms. The Morgan fingerprint density at radius 1 is 1.40 bits per heavy atom. The van der Waals surface area contributed by atoms with Crippen molar-refractivity contribution in [3.8, 4) is 0 Å². The van der Waals surface area contributed by atoms with E-state index in [4.69, 9.17) is 4.74 Å². The van der Waals surface area contributed by atoms with Gasteiger partial charge >= 0.3 is 0 Å². The summed E-state index contributed by atoms with van der Waals surface area (Å²) in [5.41, 5.74) is 3.37. The zero-order valence-electron chi connectivity index (χ0n) is 8.67. The van der Waals surface area contributed by atoms with Crippen molar-refractivity contribution in [2.24, 2.45) is 0 Å². The highest BCUT2D eigenvalue weighted by molar-refractivity contribution is 6.32. The molecule has 0 atom stereocenters. The summed E-state index contributed by atoms with van der Waals surface area (Å²) >= 11 is 0. The number of carbonyl (C=O) groups excluding carboxylic acids is 1. The fraction of sp³-hybridized carbons (Fsp3) is 0.364. The zero-order valence-corrected chi connectivity index (χ0v) is 8.67. The molecule has 1 saturated heterocycles. The van der Waals surface area contributed by atoms with Crippen molar-refractivity contribution in [1.29, 1.82) is 0 Å². The minimum atomic E-state index is -0.224. The smallest absolute Gasteiger partial charge is 0.225 e. The molecule has 0 aromatic heterocycles. The van der Waals surface area contributed by atoms with Crippen LogP contribution in [-0.4, -0.2) is 27.0 Å². The van der Waals surface area contributed by atoms with Gasteiger partial charge in [-0.2, -0.15) is 0 Å². The van der Waals surface area contributed by atoms with Crippen molar-refractivity contribution in [3.05, 3.63) is 29.3 Å². The van der Waals surface area contributed by atoms with Gasteiger partial charge in [-0.25, -0.2) is 0 Å². The van der Waals surface area contributed by atoms with Crippen LogP contribution in [0.3, 0.4) is 0 Å². The highest BCUT2D eigenvalue weighted by atomic mass is 16.5. The van der Waals surface area contributed by atoms with Gasteiger partial charge in [-0.05, 0) is 11.1 Å². The van der Waals surface area contributed by atoms with Crippen LogP contribution in [0.25, 0.3) is 0 Å². The maximum atomic E-state index is 11.6. The predicted octanol–water partition coefficient (Wildman–Crippen LogP) is -1.16. The third-order valence-corrected chi connectivity index (χ3v) is 3.20. The molecule has 0 unspecified atom stereocenters. The summed E-state index contributed by atoms with van der Waals surface area (Å²) in [5.74, 6) is 0.108. The van der Waals surface area contributed by atoms with Gasteiger partial charge in [0, 0.05) is 0 Å². The maximum Gasteiger partial charge on any atom is 0.225 e. The molecule has 1 aromatic carbocycles. The second kappa shape index (κ2) is 2.86. The Bertz CT molecular complexity index is 440. The van der Waals surface area contributed by atoms with Crippen molar-refractivity contribution in [2.75, 3.05) is 13.2 Å². The quantitative estimate of drug-likeness (QED) is 0.538. The molecule has 0 bridgehead atoms. The Morgan fingerprint density at radius 2 is 2.20 bits per heavy atom. The number of amides is 1. The first-order chi connectivity index (χ1) is 7.20. The molecular weight excluding hydrogens is 189 g/mol. The first-order valence-electron chi connectivity index (χ1n) is 5.18. The van der Waals surface area contributed by atoms with Gasteiger partial charge in [-0.15, -0.1) is 0 Å². The summed E-state index contributed by atoms with van der Waals surface area (Å²) in [5, 5.41) is 3.04. The molecule has 2 heterocycles. The van der Waals surface area contributed by atoms with E-state index in [-0.39, 0.29) is 11.4 Å². The Kier molecular flexibility index (Phi) is 1.71. The molecule has 2 aliphatic heterocycles. The van der Waals surface area contributed by atoms with Crippen LogP contribution >= 0.6 is 0 Å². The van der Waals surface area contributed by atoms with E-state index < -0.39 is 0 Å². The number of carbonyl (C=O) groups is 1. The molecule has 1 spiro atoms. The molecule has 1 aromatic rings. The van der Waals surface area contributed by atoms with Crippen LogP contribution in [0.15, 0.2) is 18.2 Å². The fourth-order valence-corrected chi connectivity index (χ4v) is 2.42. The summed E-state index contributed by atoms with van der Waals surface area (Å²) in [6.45, 7) is 1.21. The topological polar surface area (TPSA) is 38.3 Å². The third kappa shape index (κ3) is 1.21. The van der Waals surface area contributed by atoms with E-state index in [9.17, 15) is 4.79 Å². The maximum absolute atomic E-state index is 11.6. The number of rotatable bonds is 0. The van der Waals surface area contributed by atoms with Crippen LogP contribution in [0.5, 0.6) is 0 Å². The van der Waals surface area contributed by atoms with Crippen LogP contribution in [0.4, 0.5) is 0 Å². The van der Waals surface area contributed by atoms with E-state index in [0.29, 0.717) is 19.6 Å². The van der Waals surface area contributed by atoms with Crippen molar-refractivity contribution >= 4 is 19.2 Å². The monoisotopic (exact) mass is 201 g/mol. The molecule has 15 heavy (non-hydrogen) atoms. The van der Waals surface area contributed by atoms with Gasteiger partial charge in [-0.3, -0.25) is 4.79 Å². The molecular formula is C11H12BNO2. The zero-order chi connectivity index (χ0) is 10.5. The SMILES string of the molecule is Bc1ccc2c(c1)CC(=O)NC21COC1. The third-order valence-electron chi connectivity index (χ3n) is 3.20. The summed E-state index contributed by atoms with van der Waals surface area (Å²) in [4.78, 5) is 11.6. The van der Waals surface area contributed by atoms with Gasteiger partial charge in [0.2, 0.25) is 5.91 Å². The molecule has 0 saturated carbocycles. The van der Waals surface area contributed by atoms with E-state index in [0.717, 1.165) is 5.56 Å². The number of nitrogens with one attached hydrogen (secondary N) is 1. The molecule has 1 amide bonds. The predicted molar refractivity (Wildman–Crippen MR) is 59.0 cm³/mol. The molecule has 3 nitrogen and oxygen atoms in total. The Morgan fingerprint density at radius 3 is 2.87 bits per heavy atom. The number of hydrogen-bond acceptors (Lipinski definition) is 2. The summed E-state index contributed by atoms with van der Waals surface area (Å²) in [6.07, 6.45) is 0.499. The summed E-state index contributed by atoms with van der Waals surface area (Å²) in [7, 11) is 2.05. The van der Waals surface area contributed by atoms with Crippen molar-refractivity contribution in [2.45, 2.75) is 12.0 Å². The highest BCUT2D eigenvalue weighted by Crippen LogP contribution is 2.34. The lowest BCUT2D eigenvalue weighted by molar-refractivity contribution is -0.135. The summed E-state index contributed by atoms with van der Waals surface area (Å²) in [6, 6.07) is 6.32. The van der Waals surface area contributed by atoms with Crippen LogP contribution in [0.1, 0.15) is 11.1 Å². The van der Waals surface area contributed by atoms with Crippen molar-refractivity contribution < 1.29 is 9.53 Å². The van der Waals surface area contributed by atoms with Gasteiger partial charge in [-0.1, -0.05) is 23.7 Å². The lowest BCUT2D eigenvalue weighted by Crippen LogP contribution is -2.62. The normalized spacial score (nSPS) is 21.7. The second-order valence-corrected chi connectivity index (χ2v) is 4.46. The summed E-state index contributed by atoms with van der Waals surface area (Å²) < 4.78 is 5.24. The number of ether oxygens (including phenoxy) is 1. The van der Waals surface area contributed by atoms with Crippen LogP contribution in [0, 0.1) is 0 Å². The van der Waals surface area contributed by atoms with Gasteiger partial charge in [0.1, 0.15) is 13.4 Å². The van der Waals surface area contributed by atoms with E-state index in [1.165, 1.54) is 11.0 Å². The van der Waals surface area contributed by atoms with Crippen LogP contribution < -0.4 is 10.8 Å². The molecule has 1 N–H and O–H groups in total. The molecule has 2 aliphatic rings.